The van der Waals surface area contributed by atoms with Crippen LogP contribution in [0.25, 0.3) is 0 Å². The summed E-state index contributed by atoms with van der Waals surface area (Å²) in [5, 5.41) is 2.91. The van der Waals surface area contributed by atoms with E-state index in [1.807, 2.05) is 30.3 Å². The van der Waals surface area contributed by atoms with E-state index in [0.29, 0.717) is 26.0 Å². The van der Waals surface area contributed by atoms with Crippen LogP contribution in [0.5, 0.6) is 5.75 Å². The number of aryl methyl sites for hydroxylation is 2. The number of carbonyl (C=O) groups is 1. The van der Waals surface area contributed by atoms with Gasteiger partial charge in [0.15, 0.2) is 0 Å². The van der Waals surface area contributed by atoms with Crippen LogP contribution in [0.3, 0.4) is 0 Å². The number of rotatable bonds is 7. The monoisotopic (exact) mass is 325 g/mol. The fourth-order valence-corrected chi connectivity index (χ4v) is 2.97. The third-order valence-electron chi connectivity index (χ3n) is 4.20. The van der Waals surface area contributed by atoms with Gasteiger partial charge in [-0.15, -0.1) is 0 Å². The highest BCUT2D eigenvalue weighted by molar-refractivity contribution is 5.75. The summed E-state index contributed by atoms with van der Waals surface area (Å²) in [7, 11) is 0. The van der Waals surface area contributed by atoms with E-state index < -0.39 is 0 Å². The molecule has 0 aliphatic heterocycles. The molecule has 0 saturated heterocycles. The molecular formula is C19H23N3O2. The highest BCUT2D eigenvalue weighted by Gasteiger charge is 2.16. The van der Waals surface area contributed by atoms with E-state index in [2.05, 4.69) is 22.2 Å². The molecular weight excluding hydrogens is 302 g/mol. The highest BCUT2D eigenvalue weighted by atomic mass is 16.5. The minimum Gasteiger partial charge on any atom is -0.493 e. The van der Waals surface area contributed by atoms with Gasteiger partial charge in [-0.05, 0) is 43.9 Å². The van der Waals surface area contributed by atoms with Gasteiger partial charge in [-0.2, -0.15) is 0 Å². The standard InChI is InChI=1S/C19H23N3O2/c1-14-16-8-5-9-17(16)22-18(21-14)10-12-20-19(23)11-13-24-15-6-3-2-4-7-15/h2-4,6-7H,5,8-13H2,1H3,(H,20,23). The van der Waals surface area contributed by atoms with Gasteiger partial charge in [0, 0.05) is 24.4 Å². The molecule has 1 N–H and O–H groups in total. The topological polar surface area (TPSA) is 64.1 Å². The average Bonchev–Trinajstić information content (AvgIpc) is 3.05. The van der Waals surface area contributed by atoms with Crippen LogP contribution in [0.15, 0.2) is 30.3 Å². The van der Waals surface area contributed by atoms with Crippen molar-refractivity contribution in [1.82, 2.24) is 15.3 Å². The van der Waals surface area contributed by atoms with Crippen molar-refractivity contribution >= 4 is 5.91 Å². The minimum atomic E-state index is -0.0104. The number of ether oxygens (including phenoxy) is 1. The second kappa shape index (κ2) is 7.90. The normalized spacial score (nSPS) is 12.7. The molecule has 1 amide bonds. The quantitative estimate of drug-likeness (QED) is 0.849. The summed E-state index contributed by atoms with van der Waals surface area (Å²) >= 11 is 0. The van der Waals surface area contributed by atoms with E-state index in [0.717, 1.165) is 30.1 Å². The first kappa shape index (κ1) is 16.4. The summed E-state index contributed by atoms with van der Waals surface area (Å²) in [6.07, 6.45) is 4.33. The molecule has 3 rings (SSSR count). The summed E-state index contributed by atoms with van der Waals surface area (Å²) in [6, 6.07) is 9.52. The summed E-state index contributed by atoms with van der Waals surface area (Å²) in [5.74, 6) is 1.60. The van der Waals surface area contributed by atoms with E-state index in [-0.39, 0.29) is 5.91 Å². The van der Waals surface area contributed by atoms with Crippen LogP contribution in [-0.4, -0.2) is 29.0 Å². The molecule has 1 aromatic carbocycles. The van der Waals surface area contributed by atoms with Crippen molar-refractivity contribution in [3.8, 4) is 5.75 Å². The molecule has 0 fully saturated rings. The fraction of sp³-hybridized carbons (Fsp3) is 0.421. The number of benzene rings is 1. The number of carbonyl (C=O) groups excluding carboxylic acids is 1. The molecule has 0 saturated carbocycles. The Morgan fingerprint density at radius 1 is 1.21 bits per heavy atom. The lowest BCUT2D eigenvalue weighted by Crippen LogP contribution is -2.27. The summed E-state index contributed by atoms with van der Waals surface area (Å²) < 4.78 is 5.52. The molecule has 1 aromatic heterocycles. The summed E-state index contributed by atoms with van der Waals surface area (Å²) in [6.45, 7) is 2.99. The average molecular weight is 325 g/mol. The first-order chi connectivity index (χ1) is 11.7. The van der Waals surface area contributed by atoms with Crippen LogP contribution >= 0.6 is 0 Å². The van der Waals surface area contributed by atoms with Crippen LogP contribution in [0.1, 0.15) is 35.6 Å². The lowest BCUT2D eigenvalue weighted by molar-refractivity contribution is -0.121. The molecule has 0 radical (unpaired) electrons. The molecule has 1 aliphatic rings. The van der Waals surface area contributed by atoms with Gasteiger partial charge in [0.2, 0.25) is 5.91 Å². The third-order valence-corrected chi connectivity index (χ3v) is 4.20. The molecule has 1 heterocycles. The molecule has 1 aliphatic carbocycles. The molecule has 0 bridgehead atoms. The largest absolute Gasteiger partial charge is 0.493 e. The van der Waals surface area contributed by atoms with Crippen molar-refractivity contribution in [1.29, 1.82) is 0 Å². The maximum absolute atomic E-state index is 11.8. The van der Waals surface area contributed by atoms with Gasteiger partial charge in [0.25, 0.3) is 0 Å². The van der Waals surface area contributed by atoms with Crippen molar-refractivity contribution < 1.29 is 9.53 Å². The first-order valence-corrected chi connectivity index (χ1v) is 8.52. The predicted molar refractivity (Wildman–Crippen MR) is 92.1 cm³/mol. The van der Waals surface area contributed by atoms with Gasteiger partial charge in [-0.3, -0.25) is 4.79 Å². The van der Waals surface area contributed by atoms with Gasteiger partial charge < -0.3 is 10.1 Å². The van der Waals surface area contributed by atoms with Gasteiger partial charge in [0.1, 0.15) is 11.6 Å². The third kappa shape index (κ3) is 4.31. The fourth-order valence-electron chi connectivity index (χ4n) is 2.97. The van der Waals surface area contributed by atoms with Crippen LogP contribution in [0, 0.1) is 6.92 Å². The highest BCUT2D eigenvalue weighted by Crippen LogP contribution is 2.22. The number of aromatic nitrogens is 2. The van der Waals surface area contributed by atoms with Gasteiger partial charge in [-0.1, -0.05) is 18.2 Å². The summed E-state index contributed by atoms with van der Waals surface area (Å²) in [5.41, 5.74) is 3.61. The number of fused-ring (bicyclic) bond motifs is 1. The lowest BCUT2D eigenvalue weighted by atomic mass is 10.2. The maximum atomic E-state index is 11.8. The number of nitrogens with one attached hydrogen (secondary N) is 1. The van der Waals surface area contributed by atoms with Crippen molar-refractivity contribution in [2.45, 2.75) is 39.0 Å². The van der Waals surface area contributed by atoms with Crippen LogP contribution in [0.2, 0.25) is 0 Å². The number of para-hydroxylation sites is 1. The van der Waals surface area contributed by atoms with Crippen LogP contribution < -0.4 is 10.1 Å². The number of amides is 1. The zero-order valence-electron chi connectivity index (χ0n) is 14.0. The lowest BCUT2D eigenvalue weighted by Gasteiger charge is -2.09. The van der Waals surface area contributed by atoms with Crippen LogP contribution in [0.4, 0.5) is 0 Å². The molecule has 126 valence electrons. The predicted octanol–water partition coefficient (Wildman–Crippen LogP) is 2.40. The number of hydrogen-bond acceptors (Lipinski definition) is 4. The van der Waals surface area contributed by atoms with Crippen molar-refractivity contribution in [3.63, 3.8) is 0 Å². The Kier molecular flexibility index (Phi) is 5.41. The molecule has 0 unspecified atom stereocenters. The molecule has 0 spiro atoms. The Morgan fingerprint density at radius 2 is 2.04 bits per heavy atom. The summed E-state index contributed by atoms with van der Waals surface area (Å²) in [4.78, 5) is 21.0. The Labute approximate surface area is 142 Å². The molecule has 24 heavy (non-hydrogen) atoms. The smallest absolute Gasteiger partial charge is 0.223 e. The first-order valence-electron chi connectivity index (χ1n) is 8.52. The van der Waals surface area contributed by atoms with Crippen LogP contribution in [-0.2, 0) is 24.1 Å². The molecule has 2 aromatic rings. The van der Waals surface area contributed by atoms with Gasteiger partial charge in [-0.25, -0.2) is 9.97 Å². The Bertz CT molecular complexity index is 701. The molecule has 5 nitrogen and oxygen atoms in total. The zero-order valence-corrected chi connectivity index (χ0v) is 14.0. The minimum absolute atomic E-state index is 0.0104. The van der Waals surface area contributed by atoms with Gasteiger partial charge in [0.05, 0.1) is 13.0 Å². The van der Waals surface area contributed by atoms with Gasteiger partial charge >= 0.3 is 0 Å². The number of hydrogen-bond donors (Lipinski definition) is 1. The maximum Gasteiger partial charge on any atom is 0.223 e. The van der Waals surface area contributed by atoms with E-state index in [4.69, 9.17) is 4.74 Å². The SMILES string of the molecule is Cc1nc(CCNC(=O)CCOc2ccccc2)nc2c1CCC2. The van der Waals surface area contributed by atoms with Crippen molar-refractivity contribution in [3.05, 3.63) is 53.1 Å². The Morgan fingerprint density at radius 3 is 2.88 bits per heavy atom. The zero-order chi connectivity index (χ0) is 16.8. The molecule has 0 atom stereocenters. The Hall–Kier alpha value is -2.43. The Balaban J connectivity index is 1.38. The van der Waals surface area contributed by atoms with Crippen molar-refractivity contribution in [2.24, 2.45) is 0 Å². The second-order valence-corrected chi connectivity index (χ2v) is 6.02. The van der Waals surface area contributed by atoms with E-state index in [1.54, 1.807) is 0 Å². The van der Waals surface area contributed by atoms with E-state index >= 15 is 0 Å². The van der Waals surface area contributed by atoms with Crippen molar-refractivity contribution in [2.75, 3.05) is 13.2 Å². The molecule has 5 heteroatoms. The van der Waals surface area contributed by atoms with E-state index in [9.17, 15) is 4.79 Å². The number of nitrogens with zero attached hydrogens (tertiary/aromatic N) is 2. The van der Waals surface area contributed by atoms with E-state index in [1.165, 1.54) is 17.7 Å². The second-order valence-electron chi connectivity index (χ2n) is 6.02.